The van der Waals surface area contributed by atoms with Gasteiger partial charge < -0.3 is 10.6 Å². The van der Waals surface area contributed by atoms with E-state index < -0.39 is 0 Å². The van der Waals surface area contributed by atoms with Crippen LogP contribution in [0.1, 0.15) is 88.7 Å². The lowest BCUT2D eigenvalue weighted by atomic mass is 9.97. The molecule has 0 unspecified atom stereocenters. The van der Waals surface area contributed by atoms with E-state index in [1.807, 2.05) is 19.1 Å². The van der Waals surface area contributed by atoms with E-state index in [1.165, 1.54) is 50.5 Å². The quantitative estimate of drug-likeness (QED) is 0.463. The van der Waals surface area contributed by atoms with Crippen molar-refractivity contribution in [3.63, 3.8) is 0 Å². The third-order valence-electron chi connectivity index (χ3n) is 5.91. The number of hydrogen-bond donors (Lipinski definition) is 2. The van der Waals surface area contributed by atoms with E-state index in [0.717, 1.165) is 43.4 Å². The fraction of sp³-hybridized carbons (Fsp3) is 0.600. The number of benzene rings is 1. The van der Waals surface area contributed by atoms with Gasteiger partial charge in [0, 0.05) is 17.9 Å². The van der Waals surface area contributed by atoms with Crippen LogP contribution in [0.15, 0.2) is 30.0 Å². The van der Waals surface area contributed by atoms with Gasteiger partial charge in [0.2, 0.25) is 0 Å². The number of rotatable bonds is 5. The molecule has 4 nitrogen and oxygen atoms in total. The fourth-order valence-corrected chi connectivity index (χ4v) is 4.09. The second-order valence-electron chi connectivity index (χ2n) is 8.21. The van der Waals surface area contributed by atoms with E-state index in [-0.39, 0.29) is 17.5 Å². The normalized spacial score (nSPS) is 17.5. The van der Waals surface area contributed by atoms with Crippen LogP contribution in [-0.4, -0.2) is 11.9 Å². The molecule has 0 atom stereocenters. The molecule has 1 saturated carbocycles. The largest absolute Gasteiger partial charge is 0.360 e. The Labute approximate surface area is 176 Å². The number of para-hydroxylation sites is 1. The average molecular weight is 396 g/mol. The zero-order chi connectivity index (χ0) is 20.9. The summed E-state index contributed by atoms with van der Waals surface area (Å²) < 4.78 is 0. The van der Waals surface area contributed by atoms with Crippen LogP contribution in [0, 0.1) is 18.3 Å². The lowest BCUT2D eigenvalue weighted by Gasteiger charge is -2.19. The second kappa shape index (κ2) is 13.0. The van der Waals surface area contributed by atoms with E-state index in [0.29, 0.717) is 0 Å². The summed E-state index contributed by atoms with van der Waals surface area (Å²) in [6, 6.07) is 8.38. The number of nitrogens with one attached hydrogen (secondary N) is 2. The van der Waals surface area contributed by atoms with Crippen molar-refractivity contribution in [3.05, 3.63) is 41.1 Å². The van der Waals surface area contributed by atoms with Crippen LogP contribution in [0.3, 0.4) is 0 Å². The Bertz CT molecular complexity index is 705. The highest BCUT2D eigenvalue weighted by Gasteiger charge is 2.16. The number of hydrogen-bond acceptors (Lipinski definition) is 3. The molecule has 0 aromatic heterocycles. The summed E-state index contributed by atoms with van der Waals surface area (Å²) in [5.74, 6) is -0.260. The highest BCUT2D eigenvalue weighted by molar-refractivity contribution is 5.97. The molecule has 0 saturated heterocycles. The molecule has 1 aliphatic carbocycles. The van der Waals surface area contributed by atoms with E-state index in [4.69, 9.17) is 0 Å². The molecule has 1 aromatic rings. The molecular formula is C25H37N3O. The Kier molecular flexibility index (Phi) is 10.3. The summed E-state index contributed by atoms with van der Waals surface area (Å²) in [5.41, 5.74) is 3.42. The van der Waals surface area contributed by atoms with Gasteiger partial charge in [-0.25, -0.2) is 0 Å². The fourth-order valence-electron chi connectivity index (χ4n) is 4.09. The van der Waals surface area contributed by atoms with Crippen LogP contribution < -0.4 is 10.6 Å². The first-order chi connectivity index (χ1) is 14.2. The van der Waals surface area contributed by atoms with Gasteiger partial charge >= 0.3 is 0 Å². The van der Waals surface area contributed by atoms with Crippen molar-refractivity contribution < 1.29 is 4.79 Å². The number of nitriles is 1. The third-order valence-corrected chi connectivity index (χ3v) is 5.91. The van der Waals surface area contributed by atoms with Gasteiger partial charge in [0.1, 0.15) is 11.6 Å². The Morgan fingerprint density at radius 2 is 1.66 bits per heavy atom. The lowest BCUT2D eigenvalue weighted by molar-refractivity contribution is -0.117. The molecule has 1 fully saturated rings. The van der Waals surface area contributed by atoms with Gasteiger partial charge in [-0.2, -0.15) is 5.26 Å². The standard InChI is InChI=1S/C25H37N3O/c1-3-21-15-13-14-20(2)24(21)27-19-22(18-26)25(29)28-23-16-11-9-7-5-4-6-8-10-12-17-23/h13-15,19,23,27H,3-12,16-17H2,1-2H3,(H,28,29)/b22-19-. The summed E-state index contributed by atoms with van der Waals surface area (Å²) in [4.78, 5) is 12.7. The summed E-state index contributed by atoms with van der Waals surface area (Å²) in [7, 11) is 0. The van der Waals surface area contributed by atoms with Crippen LogP contribution in [0.25, 0.3) is 0 Å². The average Bonchev–Trinajstić information content (AvgIpc) is 2.71. The second-order valence-corrected chi connectivity index (χ2v) is 8.21. The Balaban J connectivity index is 1.99. The molecule has 1 aliphatic rings. The van der Waals surface area contributed by atoms with Crippen molar-refractivity contribution in [1.29, 1.82) is 5.26 Å². The van der Waals surface area contributed by atoms with Crippen molar-refractivity contribution in [2.24, 2.45) is 0 Å². The van der Waals surface area contributed by atoms with Crippen molar-refractivity contribution in [3.8, 4) is 6.07 Å². The van der Waals surface area contributed by atoms with Crippen LogP contribution >= 0.6 is 0 Å². The van der Waals surface area contributed by atoms with Gasteiger partial charge in [0.05, 0.1) is 0 Å². The predicted molar refractivity (Wildman–Crippen MR) is 121 cm³/mol. The van der Waals surface area contributed by atoms with Gasteiger partial charge in [-0.1, -0.05) is 82.9 Å². The van der Waals surface area contributed by atoms with Crippen LogP contribution in [-0.2, 0) is 11.2 Å². The first kappa shape index (κ1) is 23.0. The maximum absolute atomic E-state index is 12.7. The SMILES string of the molecule is CCc1cccc(C)c1N/C=C(/C#N)C(=O)NC1CCCCCCCCCCC1. The summed E-state index contributed by atoms with van der Waals surface area (Å²) >= 11 is 0. The van der Waals surface area contributed by atoms with Crippen molar-refractivity contribution in [2.75, 3.05) is 5.32 Å². The lowest BCUT2D eigenvalue weighted by Crippen LogP contribution is -2.35. The Morgan fingerprint density at radius 1 is 1.07 bits per heavy atom. The van der Waals surface area contributed by atoms with Gasteiger partial charge in [0.25, 0.3) is 5.91 Å². The third kappa shape index (κ3) is 7.93. The van der Waals surface area contributed by atoms with E-state index in [1.54, 1.807) is 6.20 Å². The highest BCUT2D eigenvalue weighted by Crippen LogP contribution is 2.21. The zero-order valence-corrected chi connectivity index (χ0v) is 18.2. The van der Waals surface area contributed by atoms with E-state index >= 15 is 0 Å². The highest BCUT2D eigenvalue weighted by atomic mass is 16.1. The van der Waals surface area contributed by atoms with Gasteiger partial charge in [-0.15, -0.1) is 0 Å². The van der Waals surface area contributed by atoms with Gasteiger partial charge in [0.15, 0.2) is 0 Å². The van der Waals surface area contributed by atoms with Crippen LogP contribution in [0.2, 0.25) is 0 Å². The number of nitrogens with zero attached hydrogens (tertiary/aromatic N) is 1. The first-order valence-corrected chi connectivity index (χ1v) is 11.4. The predicted octanol–water partition coefficient (Wildman–Crippen LogP) is 6.17. The molecule has 1 amide bonds. The minimum atomic E-state index is -0.260. The molecule has 0 bridgehead atoms. The smallest absolute Gasteiger partial charge is 0.263 e. The minimum absolute atomic E-state index is 0.140. The monoisotopic (exact) mass is 395 g/mol. The molecule has 0 radical (unpaired) electrons. The number of aryl methyl sites for hydroxylation is 2. The van der Waals surface area contributed by atoms with Crippen LogP contribution in [0.4, 0.5) is 5.69 Å². The van der Waals surface area contributed by atoms with Crippen molar-refractivity contribution in [2.45, 2.75) is 96.9 Å². The number of carbonyl (C=O) groups is 1. The molecule has 0 spiro atoms. The van der Waals surface area contributed by atoms with Crippen LogP contribution in [0.5, 0.6) is 0 Å². The molecule has 158 valence electrons. The molecule has 0 aliphatic heterocycles. The zero-order valence-electron chi connectivity index (χ0n) is 18.2. The molecule has 0 heterocycles. The molecule has 4 heteroatoms. The maximum atomic E-state index is 12.7. The molecule has 1 aromatic carbocycles. The van der Waals surface area contributed by atoms with E-state index in [9.17, 15) is 10.1 Å². The topological polar surface area (TPSA) is 64.9 Å². The minimum Gasteiger partial charge on any atom is -0.360 e. The molecular weight excluding hydrogens is 358 g/mol. The van der Waals surface area contributed by atoms with Gasteiger partial charge in [-0.3, -0.25) is 4.79 Å². The van der Waals surface area contributed by atoms with Crippen molar-refractivity contribution in [1.82, 2.24) is 5.32 Å². The van der Waals surface area contributed by atoms with E-state index in [2.05, 4.69) is 29.7 Å². The summed E-state index contributed by atoms with van der Waals surface area (Å²) in [6.45, 7) is 4.14. The van der Waals surface area contributed by atoms with Crippen molar-refractivity contribution >= 4 is 11.6 Å². The maximum Gasteiger partial charge on any atom is 0.263 e. The van der Waals surface area contributed by atoms with Gasteiger partial charge in [-0.05, 0) is 37.3 Å². The number of carbonyl (C=O) groups excluding carboxylic acids is 1. The molecule has 2 rings (SSSR count). The summed E-state index contributed by atoms with van der Waals surface area (Å²) in [6.07, 6.45) is 15.9. The molecule has 29 heavy (non-hydrogen) atoms. The Hall–Kier alpha value is -2.28. The Morgan fingerprint density at radius 3 is 2.21 bits per heavy atom. The molecule has 2 N–H and O–H groups in total. The number of amides is 1. The summed E-state index contributed by atoms with van der Waals surface area (Å²) in [5, 5.41) is 15.9. The number of anilines is 1. The first-order valence-electron chi connectivity index (χ1n) is 11.4.